The summed E-state index contributed by atoms with van der Waals surface area (Å²) in [6, 6.07) is 8.13. The maximum atomic E-state index is 13.0. The molecule has 10 unspecified atom stereocenters. The third kappa shape index (κ3) is 4.06. The number of anilines is 1. The van der Waals surface area contributed by atoms with Gasteiger partial charge >= 0.3 is 0 Å². The third-order valence-electron chi connectivity index (χ3n) is 12.5. The van der Waals surface area contributed by atoms with Crippen LogP contribution in [-0.2, 0) is 11.8 Å². The lowest BCUT2D eigenvalue weighted by Crippen LogP contribution is -2.58. The van der Waals surface area contributed by atoms with Crippen molar-refractivity contribution in [1.29, 1.82) is 0 Å². The minimum Gasteiger partial charge on any atom is -0.393 e. The fourth-order valence-electron chi connectivity index (χ4n) is 10.3. The lowest BCUT2D eigenvalue weighted by atomic mass is 9.43. The van der Waals surface area contributed by atoms with Crippen LogP contribution < -0.4 is 5.32 Å². The lowest BCUT2D eigenvalue weighted by molar-refractivity contribution is -0.174. The van der Waals surface area contributed by atoms with E-state index in [2.05, 4.69) is 42.8 Å². The van der Waals surface area contributed by atoms with Crippen LogP contribution >= 0.6 is 0 Å². The first-order valence-electron chi connectivity index (χ1n) is 15.3. The van der Waals surface area contributed by atoms with E-state index in [1.807, 2.05) is 25.4 Å². The fourth-order valence-corrected chi connectivity index (χ4v) is 10.3. The normalized spacial score (nSPS) is 41.3. The largest absolute Gasteiger partial charge is 0.393 e. The van der Waals surface area contributed by atoms with Crippen molar-refractivity contribution in [2.24, 2.45) is 53.4 Å². The van der Waals surface area contributed by atoms with Crippen molar-refractivity contribution in [3.8, 4) is 0 Å². The van der Waals surface area contributed by atoms with Crippen LogP contribution in [0.15, 0.2) is 30.5 Å². The standard InChI is InChI=1S/C33H48N2O3/c1-20(8-13-31(38)34-28-6-5-7-29-24(28)15-17-35(29)4)25-11-12-26-23-10-9-21-18-22(36)14-16-32(21,2)27(23)19-30(37)33(25,26)3/h5-7,15,17,20-23,25-27,30,36-37H,8-14,16,18-19H2,1-4H3,(H,34,38). The number of hydrogen-bond acceptors (Lipinski definition) is 3. The average Bonchev–Trinajstić information content (AvgIpc) is 3.45. The first kappa shape index (κ1) is 26.4. The van der Waals surface area contributed by atoms with Crippen molar-refractivity contribution in [2.75, 3.05) is 5.32 Å². The van der Waals surface area contributed by atoms with Crippen molar-refractivity contribution in [2.45, 2.75) is 97.2 Å². The van der Waals surface area contributed by atoms with Gasteiger partial charge in [-0.1, -0.05) is 26.8 Å². The van der Waals surface area contributed by atoms with Crippen LogP contribution in [0.3, 0.4) is 0 Å². The van der Waals surface area contributed by atoms with Crippen LogP contribution in [0, 0.1) is 46.3 Å². The summed E-state index contributed by atoms with van der Waals surface area (Å²) in [6.07, 6.45) is 11.8. The van der Waals surface area contributed by atoms with Gasteiger partial charge < -0.3 is 20.1 Å². The number of aromatic nitrogens is 1. The number of aliphatic hydroxyl groups is 2. The van der Waals surface area contributed by atoms with Crippen LogP contribution in [0.4, 0.5) is 5.69 Å². The van der Waals surface area contributed by atoms with Crippen molar-refractivity contribution in [3.63, 3.8) is 0 Å². The number of aryl methyl sites for hydroxylation is 1. The van der Waals surface area contributed by atoms with E-state index in [4.69, 9.17) is 0 Å². The second-order valence-corrected chi connectivity index (χ2v) is 14.1. The second kappa shape index (κ2) is 9.66. The zero-order valence-corrected chi connectivity index (χ0v) is 23.8. The van der Waals surface area contributed by atoms with Gasteiger partial charge in [-0.15, -0.1) is 0 Å². The molecule has 1 aromatic carbocycles. The van der Waals surface area contributed by atoms with E-state index >= 15 is 0 Å². The summed E-state index contributed by atoms with van der Waals surface area (Å²) in [6.45, 7) is 7.20. The van der Waals surface area contributed by atoms with Gasteiger partial charge in [0.25, 0.3) is 0 Å². The minimum atomic E-state index is -0.268. The molecule has 4 fully saturated rings. The summed E-state index contributed by atoms with van der Waals surface area (Å²) in [4.78, 5) is 13.0. The topological polar surface area (TPSA) is 74.5 Å². The first-order chi connectivity index (χ1) is 18.1. The van der Waals surface area contributed by atoms with E-state index < -0.39 is 0 Å². The Hall–Kier alpha value is -1.85. The highest BCUT2D eigenvalue weighted by molar-refractivity contribution is 6.01. The number of nitrogens with one attached hydrogen (secondary N) is 1. The number of carbonyl (C=O) groups excluding carboxylic acids is 1. The Bertz CT molecular complexity index is 1190. The molecule has 0 bridgehead atoms. The molecule has 1 aromatic heterocycles. The van der Waals surface area contributed by atoms with Gasteiger partial charge in [-0.2, -0.15) is 0 Å². The first-order valence-corrected chi connectivity index (χ1v) is 15.3. The number of aliphatic hydroxyl groups excluding tert-OH is 2. The number of nitrogens with zero attached hydrogens (tertiary/aromatic N) is 1. The average molecular weight is 521 g/mol. The Kier molecular flexibility index (Phi) is 6.70. The maximum Gasteiger partial charge on any atom is 0.224 e. The van der Waals surface area contributed by atoms with Crippen molar-refractivity contribution in [3.05, 3.63) is 30.5 Å². The molecule has 4 aliphatic carbocycles. The van der Waals surface area contributed by atoms with E-state index in [9.17, 15) is 15.0 Å². The van der Waals surface area contributed by atoms with E-state index in [0.29, 0.717) is 41.9 Å². The predicted molar refractivity (Wildman–Crippen MR) is 153 cm³/mol. The molecule has 10 atom stereocenters. The molecule has 208 valence electrons. The molecule has 0 spiro atoms. The monoisotopic (exact) mass is 520 g/mol. The highest BCUT2D eigenvalue weighted by atomic mass is 16.3. The highest BCUT2D eigenvalue weighted by Gasteiger charge is 2.63. The van der Waals surface area contributed by atoms with Crippen LogP contribution in [0.1, 0.15) is 85.0 Å². The van der Waals surface area contributed by atoms with Crippen LogP contribution in [0.25, 0.3) is 10.9 Å². The molecule has 2 aromatic rings. The van der Waals surface area contributed by atoms with Gasteiger partial charge in [-0.05, 0) is 122 Å². The lowest BCUT2D eigenvalue weighted by Gasteiger charge is -2.62. The number of hydrogen-bond donors (Lipinski definition) is 3. The summed E-state index contributed by atoms with van der Waals surface area (Å²) in [5.41, 5.74) is 2.23. The van der Waals surface area contributed by atoms with E-state index in [1.54, 1.807) is 0 Å². The molecule has 0 aliphatic heterocycles. The Balaban J connectivity index is 1.12. The quantitative estimate of drug-likeness (QED) is 0.420. The number of carbonyl (C=O) groups is 1. The molecule has 3 N–H and O–H groups in total. The van der Waals surface area contributed by atoms with Crippen molar-refractivity contribution < 1.29 is 15.0 Å². The molecule has 0 saturated heterocycles. The molecular weight excluding hydrogens is 472 g/mol. The zero-order valence-electron chi connectivity index (χ0n) is 23.8. The summed E-state index contributed by atoms with van der Waals surface area (Å²) in [5, 5.41) is 26.4. The molecule has 5 heteroatoms. The van der Waals surface area contributed by atoms with Gasteiger partial charge in [0.2, 0.25) is 5.91 Å². The van der Waals surface area contributed by atoms with E-state index in [0.717, 1.165) is 48.7 Å². The Morgan fingerprint density at radius 1 is 1.08 bits per heavy atom. The van der Waals surface area contributed by atoms with E-state index in [1.165, 1.54) is 25.7 Å². The van der Waals surface area contributed by atoms with Gasteiger partial charge in [0.15, 0.2) is 0 Å². The minimum absolute atomic E-state index is 0.0515. The van der Waals surface area contributed by atoms with Crippen molar-refractivity contribution >= 4 is 22.5 Å². The summed E-state index contributed by atoms with van der Waals surface area (Å²) in [7, 11) is 2.03. The Morgan fingerprint density at radius 3 is 2.71 bits per heavy atom. The predicted octanol–water partition coefficient (Wildman–Crippen LogP) is 6.52. The fraction of sp³-hybridized carbons (Fsp3) is 0.727. The van der Waals surface area contributed by atoms with Gasteiger partial charge in [-0.25, -0.2) is 0 Å². The molecule has 1 amide bonds. The summed E-state index contributed by atoms with van der Waals surface area (Å²) < 4.78 is 2.08. The van der Waals surface area contributed by atoms with Gasteiger partial charge in [0, 0.05) is 30.6 Å². The van der Waals surface area contributed by atoms with Crippen LogP contribution in [0.2, 0.25) is 0 Å². The second-order valence-electron chi connectivity index (χ2n) is 14.1. The number of amides is 1. The molecule has 5 nitrogen and oxygen atoms in total. The number of benzene rings is 1. The number of fused-ring (bicyclic) bond motifs is 6. The smallest absolute Gasteiger partial charge is 0.224 e. The summed E-state index contributed by atoms with van der Waals surface area (Å²) in [5.74, 6) is 3.44. The molecular formula is C33H48N2O3. The molecule has 1 heterocycles. The van der Waals surface area contributed by atoms with Crippen LogP contribution in [0.5, 0.6) is 0 Å². The van der Waals surface area contributed by atoms with Gasteiger partial charge in [0.05, 0.1) is 17.9 Å². The SMILES string of the molecule is CC(CCC(=O)Nc1cccc2c1ccn2C)C1CCC2C3CCC4CC(O)CCC4(C)C3CC(O)C12C. The molecule has 4 aliphatic rings. The van der Waals surface area contributed by atoms with E-state index in [-0.39, 0.29) is 28.9 Å². The maximum absolute atomic E-state index is 13.0. The molecule has 4 saturated carbocycles. The Morgan fingerprint density at radius 2 is 1.89 bits per heavy atom. The number of rotatable bonds is 5. The molecule has 38 heavy (non-hydrogen) atoms. The van der Waals surface area contributed by atoms with Crippen LogP contribution in [-0.4, -0.2) is 32.9 Å². The highest BCUT2D eigenvalue weighted by Crippen LogP contribution is 2.68. The van der Waals surface area contributed by atoms with Gasteiger partial charge in [0.1, 0.15) is 0 Å². The van der Waals surface area contributed by atoms with Crippen molar-refractivity contribution in [1.82, 2.24) is 4.57 Å². The van der Waals surface area contributed by atoms with Gasteiger partial charge in [-0.3, -0.25) is 4.79 Å². The molecule has 0 radical (unpaired) electrons. The molecule has 6 rings (SSSR count). The summed E-state index contributed by atoms with van der Waals surface area (Å²) >= 11 is 0. The third-order valence-corrected chi connectivity index (χ3v) is 12.5. The Labute approximate surface area is 228 Å². The zero-order chi connectivity index (χ0) is 26.8.